The summed E-state index contributed by atoms with van der Waals surface area (Å²) in [5, 5.41) is 28.2. The smallest absolute Gasteiger partial charge is 0.183 e. The Morgan fingerprint density at radius 1 is 0.271 bits per heavy atom. The van der Waals surface area contributed by atoms with Crippen molar-refractivity contribution in [2.45, 2.75) is 216 Å². The minimum Gasteiger partial charge on any atom is -0.386 e. The molecule has 0 radical (unpaired) electrons. The van der Waals surface area contributed by atoms with Crippen molar-refractivity contribution >= 4 is 36.9 Å². The molecule has 0 atom stereocenters. The van der Waals surface area contributed by atoms with Crippen LogP contribution in [0.4, 0.5) is 0 Å². The zero-order valence-corrected chi connectivity index (χ0v) is 74.4. The Kier molecular flexibility index (Phi) is 23.3. The topological polar surface area (TPSA) is 85.3 Å². The number of benzene rings is 12. The van der Waals surface area contributed by atoms with Crippen LogP contribution in [0.15, 0.2) is 263 Å². The second-order valence-electron chi connectivity index (χ2n) is 40.7. The first kappa shape index (κ1) is 84.3. The molecule has 0 spiro atoms. The maximum absolute atomic E-state index is 11.8. The Morgan fingerprint density at radius 2 is 0.534 bits per heavy atom. The summed E-state index contributed by atoms with van der Waals surface area (Å²) >= 11 is 0. The number of hydrogen-bond acceptors (Lipinski definition) is 6. The average Bonchev–Trinajstić information content (AvgIpc) is 0.777. The number of nitrogens with one attached hydrogen (secondary N) is 1. The number of amidine groups is 1. The van der Waals surface area contributed by atoms with E-state index >= 15 is 0 Å². The van der Waals surface area contributed by atoms with E-state index < -0.39 is 0 Å². The molecule has 118 heavy (non-hydrogen) atoms. The molecule has 0 saturated carbocycles. The van der Waals surface area contributed by atoms with E-state index in [0.29, 0.717) is 17.7 Å². The maximum Gasteiger partial charge on any atom is 0.183 e. The molecule has 0 aliphatic carbocycles. The summed E-state index contributed by atoms with van der Waals surface area (Å²) < 4.78 is 0. The average molecular weight is 1550 g/mol. The molecule has 598 valence electrons. The lowest BCUT2D eigenvalue weighted by Crippen LogP contribution is -2.28. The molecule has 0 unspecified atom stereocenters. The number of aliphatic imine (C=N–C) groups is 2. The van der Waals surface area contributed by atoms with Crippen molar-refractivity contribution in [3.63, 3.8) is 0 Å². The van der Waals surface area contributed by atoms with Gasteiger partial charge in [-0.15, -0.1) is 5.10 Å². The number of nitrogens with zero attached hydrogens (tertiary/aromatic N) is 5. The highest BCUT2D eigenvalue weighted by Crippen LogP contribution is 2.43. The largest absolute Gasteiger partial charge is 0.386 e. The molecular formula is C112H120N6. The summed E-state index contributed by atoms with van der Waals surface area (Å²) in [5.74, 6) is 0.262. The number of nitriles is 1. The van der Waals surface area contributed by atoms with Gasteiger partial charge in [0.15, 0.2) is 5.84 Å². The third kappa shape index (κ3) is 19.1. The van der Waals surface area contributed by atoms with E-state index in [2.05, 4.69) is 420 Å². The Labute approximate surface area is 705 Å². The normalized spacial score (nSPS) is 14.7. The molecule has 0 aromatic heterocycles. The van der Waals surface area contributed by atoms with E-state index in [4.69, 9.17) is 20.2 Å². The fraction of sp³-hybridized carbons (Fsp3) is 0.295. The molecule has 1 aliphatic heterocycles. The van der Waals surface area contributed by atoms with Gasteiger partial charge in [-0.1, -0.05) is 360 Å². The van der Waals surface area contributed by atoms with E-state index in [1.54, 1.807) is 0 Å². The van der Waals surface area contributed by atoms with Crippen LogP contribution >= 0.6 is 0 Å². The van der Waals surface area contributed by atoms with Crippen LogP contribution in [0.1, 0.15) is 244 Å². The van der Waals surface area contributed by atoms with E-state index in [-0.39, 0.29) is 49.2 Å². The summed E-state index contributed by atoms with van der Waals surface area (Å²) in [6.45, 7) is 54.6. The molecular weight excluding hydrogens is 1430 g/mol. The summed E-state index contributed by atoms with van der Waals surface area (Å²) in [6, 6.07) is 92.8. The molecule has 0 saturated heterocycles. The fourth-order valence-electron chi connectivity index (χ4n) is 15.5. The van der Waals surface area contributed by atoms with E-state index in [0.717, 1.165) is 122 Å². The highest BCUT2D eigenvalue weighted by molar-refractivity contribution is 6.10. The van der Waals surface area contributed by atoms with Crippen molar-refractivity contribution in [2.24, 2.45) is 20.2 Å². The lowest BCUT2D eigenvalue weighted by Gasteiger charge is -2.22. The van der Waals surface area contributed by atoms with Crippen molar-refractivity contribution in [3.05, 3.63) is 331 Å². The minimum atomic E-state index is -0.0857. The van der Waals surface area contributed by atoms with Gasteiger partial charge >= 0.3 is 0 Å². The minimum absolute atomic E-state index is 0.0391. The molecule has 0 bridgehead atoms. The quantitative estimate of drug-likeness (QED) is 0.156. The van der Waals surface area contributed by atoms with Gasteiger partial charge in [0.25, 0.3) is 0 Å². The highest BCUT2D eigenvalue weighted by Gasteiger charge is 2.26. The molecule has 1 aliphatic rings. The van der Waals surface area contributed by atoms with E-state index in [1.165, 1.54) is 44.5 Å². The summed E-state index contributed by atoms with van der Waals surface area (Å²) in [5.41, 5.74) is 30.6. The zero-order valence-electron chi connectivity index (χ0n) is 74.4. The van der Waals surface area contributed by atoms with Gasteiger partial charge in [0.1, 0.15) is 0 Å². The number of hydrogen-bond donors (Lipinski definition) is 1. The monoisotopic (exact) mass is 1550 g/mol. The Morgan fingerprint density at radius 3 is 0.839 bits per heavy atom. The third-order valence-corrected chi connectivity index (χ3v) is 23.4. The molecule has 0 fully saturated rings. The van der Waals surface area contributed by atoms with E-state index in [9.17, 15) is 5.26 Å². The van der Waals surface area contributed by atoms with Gasteiger partial charge in [-0.25, -0.2) is 4.99 Å². The molecule has 1 heterocycles. The summed E-state index contributed by atoms with van der Waals surface area (Å²) in [4.78, 5) is 11.1. The first-order chi connectivity index (χ1) is 55.5. The maximum atomic E-state index is 11.8. The van der Waals surface area contributed by atoms with Crippen molar-refractivity contribution in [1.29, 1.82) is 5.26 Å². The predicted molar refractivity (Wildman–Crippen MR) is 508 cm³/mol. The molecule has 13 rings (SSSR count). The van der Waals surface area contributed by atoms with Crippen molar-refractivity contribution in [2.75, 3.05) is 0 Å². The number of rotatable bonds is 9. The Hall–Kier alpha value is -11.7. The lowest BCUT2D eigenvalue weighted by molar-refractivity contribution is 0.590. The first-order valence-electron chi connectivity index (χ1n) is 42.0. The van der Waals surface area contributed by atoms with Crippen molar-refractivity contribution < 1.29 is 0 Å². The standard InChI is InChI=1S/C112H120N6/c1-105(2,3)87-41-25-72(26-42-87)95-57-80(65-113)103(64-102(95)79-39-55-94(56-40-79)112(22,23)24)104-116-70-85-62-100(77-35-51-92(52-36-77)110(16,17)18)98(75-31-47-90(48-32-75)108(10,11)12)60-83(85)68-114-66-81-58-96(73-27-43-88(44-28-73)106(4,5)6)97(74-29-45-89(46-30-74)107(7,8)9)59-82(81)67-115-69-84-61-99(76-33-49-91(50-34-76)109(13,14)15)101(63-86(84)71-117-118-104)78-37-53-93(54-38-78)111(19,20)21/h25-64,66-67,69-71,114H,68H2,1-24H3/b81-66-,82-67-,115-69?,116-70?,117-71-,118-104-. The Balaban J connectivity index is 1.14. The molecule has 0 amide bonds. The molecule has 12 aromatic rings. The second-order valence-corrected chi connectivity index (χ2v) is 40.7. The SMILES string of the molecule is CC(C)(C)c1ccc(-c2cc(C#N)c(/C3=N/N=C\c4cc(-c5ccc(C(C)(C)C)cc5)c(-c5ccc(C(C)(C)C)cc5)cc4C=N/C=c4/cc(-c5ccc(C(C)(C)C)cc5)c(-c5ccc(C(C)(C)C)cc5)c/c4=C/NCc4cc(-c5ccc(C(C)(C)C)cc5)c(-c5ccc(C(C)(C)C)cc5)cc4C=N3)cc2-c2ccc(C(C)(C)C)cc2)cc1. The fourth-order valence-corrected chi connectivity index (χ4v) is 15.5. The van der Waals surface area contributed by atoms with Crippen LogP contribution in [-0.4, -0.2) is 24.5 Å². The van der Waals surface area contributed by atoms with Gasteiger partial charge in [-0.2, -0.15) is 10.4 Å². The second kappa shape index (κ2) is 32.7. The van der Waals surface area contributed by atoms with E-state index in [1.807, 2.05) is 30.9 Å². The van der Waals surface area contributed by atoms with Crippen LogP contribution in [0.3, 0.4) is 0 Å². The van der Waals surface area contributed by atoms with Crippen LogP contribution in [0, 0.1) is 11.3 Å². The zero-order chi connectivity index (χ0) is 84.8. The van der Waals surface area contributed by atoms with Crippen LogP contribution < -0.4 is 15.8 Å². The molecule has 12 aromatic carbocycles. The van der Waals surface area contributed by atoms with Crippen LogP contribution in [0.5, 0.6) is 0 Å². The summed E-state index contributed by atoms with van der Waals surface area (Å²) in [7, 11) is 0. The molecule has 6 heteroatoms. The van der Waals surface area contributed by atoms with Gasteiger partial charge in [0, 0.05) is 53.3 Å². The number of fused-ring (bicyclic) bond motifs is 3. The van der Waals surface area contributed by atoms with Crippen LogP contribution in [-0.2, 0) is 49.9 Å². The highest BCUT2D eigenvalue weighted by atomic mass is 15.2. The summed E-state index contributed by atoms with van der Waals surface area (Å²) in [6.07, 6.45) is 9.94. The third-order valence-electron chi connectivity index (χ3n) is 23.4. The van der Waals surface area contributed by atoms with Crippen molar-refractivity contribution in [3.8, 4) is 95.1 Å². The van der Waals surface area contributed by atoms with Crippen molar-refractivity contribution in [1.82, 2.24) is 5.32 Å². The van der Waals surface area contributed by atoms with Gasteiger partial charge < -0.3 is 5.32 Å². The van der Waals surface area contributed by atoms with Crippen LogP contribution in [0.2, 0.25) is 0 Å². The van der Waals surface area contributed by atoms with Gasteiger partial charge in [0.2, 0.25) is 0 Å². The Bertz CT molecular complexity index is 6000. The van der Waals surface area contributed by atoms with Gasteiger partial charge in [-0.3, -0.25) is 4.99 Å². The van der Waals surface area contributed by atoms with Gasteiger partial charge in [-0.05, 0) is 242 Å². The molecule has 1 N–H and O–H groups in total. The first-order valence-corrected chi connectivity index (χ1v) is 42.0. The van der Waals surface area contributed by atoms with Crippen LogP contribution in [0.25, 0.3) is 101 Å². The van der Waals surface area contributed by atoms with Gasteiger partial charge in [0.05, 0.1) is 17.8 Å². The predicted octanol–water partition coefficient (Wildman–Crippen LogP) is 27.9. The molecule has 6 nitrogen and oxygen atoms in total. The lowest BCUT2D eigenvalue weighted by atomic mass is 9.83.